The molecule has 3 aromatic rings. The molecule has 1 aliphatic carbocycles. The van der Waals surface area contributed by atoms with Crippen molar-refractivity contribution in [1.29, 1.82) is 0 Å². The molecule has 12 nitrogen and oxygen atoms in total. The molecule has 2 aromatic carbocycles. The molecule has 2 N–H and O–H groups in total. The van der Waals surface area contributed by atoms with Gasteiger partial charge in [-0.3, -0.25) is 19.4 Å². The van der Waals surface area contributed by atoms with Gasteiger partial charge in [0.2, 0.25) is 5.60 Å². The number of methoxy groups -OCH3 is 3. The summed E-state index contributed by atoms with van der Waals surface area (Å²) in [6, 6.07) is 11.2. The van der Waals surface area contributed by atoms with Gasteiger partial charge < -0.3 is 33.9 Å². The number of anilines is 1. The number of hydrogen-bond donors (Lipinski definition) is 2. The number of esters is 3. The van der Waals surface area contributed by atoms with Crippen molar-refractivity contribution in [3.63, 3.8) is 0 Å². The molecule has 1 saturated carbocycles. The molecule has 2 bridgehead atoms. The maximum absolute atomic E-state index is 15.0. The lowest BCUT2D eigenvalue weighted by atomic mass is 9.47. The average Bonchev–Trinajstić information content (AvgIpc) is 3.84. The van der Waals surface area contributed by atoms with Gasteiger partial charge in [-0.1, -0.05) is 37.3 Å². The Balaban J connectivity index is 1.37. The van der Waals surface area contributed by atoms with Gasteiger partial charge in [0.25, 0.3) is 0 Å². The van der Waals surface area contributed by atoms with Crippen molar-refractivity contribution in [2.45, 2.75) is 87.1 Å². The van der Waals surface area contributed by atoms with Gasteiger partial charge in [-0.25, -0.2) is 4.79 Å². The molecule has 292 valence electrons. The Labute approximate surface area is 321 Å². The lowest BCUT2D eigenvalue weighted by Crippen LogP contribution is -2.81. The first-order valence-electron chi connectivity index (χ1n) is 19.7. The molecule has 12 heteroatoms. The molecule has 1 spiro atoms. The molecule has 3 fully saturated rings. The minimum Gasteiger partial charge on any atom is -0.496 e. The zero-order valence-corrected chi connectivity index (χ0v) is 32.6. The van der Waals surface area contributed by atoms with E-state index in [0.717, 1.165) is 59.3 Å². The average molecular weight is 753 g/mol. The third-order valence-electron chi connectivity index (χ3n) is 14.5. The lowest BCUT2D eigenvalue weighted by molar-refractivity contribution is -0.228. The summed E-state index contributed by atoms with van der Waals surface area (Å²) in [5.41, 5.74) is -0.0763. The van der Waals surface area contributed by atoms with Crippen LogP contribution in [0.15, 0.2) is 48.6 Å². The molecule has 0 radical (unpaired) electrons. The van der Waals surface area contributed by atoms with Crippen LogP contribution in [-0.2, 0) is 46.0 Å². The van der Waals surface area contributed by atoms with Gasteiger partial charge in [0.15, 0.2) is 6.10 Å². The third kappa shape index (κ3) is 4.53. The van der Waals surface area contributed by atoms with Crippen molar-refractivity contribution in [3.05, 3.63) is 70.9 Å². The molecule has 9 atom stereocenters. The van der Waals surface area contributed by atoms with Crippen LogP contribution in [0.2, 0.25) is 0 Å². The van der Waals surface area contributed by atoms with Crippen LogP contribution in [0.5, 0.6) is 5.75 Å². The number of likely N-dealkylation sites (N-methyl/N-ethyl adjacent to an activating group) is 1. The number of fused-ring (bicyclic) bond motifs is 6. The number of rotatable bonds is 6. The molecule has 2 saturated heterocycles. The maximum atomic E-state index is 15.0. The Kier molecular flexibility index (Phi) is 8.28. The van der Waals surface area contributed by atoms with Crippen molar-refractivity contribution in [2.75, 3.05) is 59.5 Å². The Morgan fingerprint density at radius 2 is 1.80 bits per heavy atom. The van der Waals surface area contributed by atoms with E-state index in [1.165, 1.54) is 21.1 Å². The molecule has 9 rings (SSSR count). The Morgan fingerprint density at radius 3 is 2.53 bits per heavy atom. The molecule has 1 unspecified atom stereocenters. The zero-order chi connectivity index (χ0) is 38.7. The first-order valence-corrected chi connectivity index (χ1v) is 19.7. The highest BCUT2D eigenvalue weighted by molar-refractivity contribution is 5.95. The van der Waals surface area contributed by atoms with Gasteiger partial charge in [-0.15, -0.1) is 0 Å². The predicted molar refractivity (Wildman–Crippen MR) is 205 cm³/mol. The minimum absolute atomic E-state index is 0.209. The third-order valence-corrected chi connectivity index (χ3v) is 14.5. The molecular weight excluding hydrogens is 700 g/mol. The number of nitrogens with one attached hydrogen (secondary N) is 1. The molecule has 0 amide bonds. The number of hydrogen-bond acceptors (Lipinski definition) is 11. The monoisotopic (exact) mass is 752 g/mol. The van der Waals surface area contributed by atoms with Gasteiger partial charge in [0.1, 0.15) is 11.2 Å². The second-order valence-corrected chi connectivity index (χ2v) is 16.8. The van der Waals surface area contributed by atoms with Crippen LogP contribution >= 0.6 is 0 Å². The second kappa shape index (κ2) is 12.6. The van der Waals surface area contributed by atoms with Gasteiger partial charge in [-0.05, 0) is 74.4 Å². The van der Waals surface area contributed by atoms with E-state index in [1.54, 1.807) is 7.11 Å². The number of aliphatic hydroxyl groups is 1. The van der Waals surface area contributed by atoms with Gasteiger partial charge in [-0.2, -0.15) is 0 Å². The Bertz CT molecular complexity index is 2130. The molecule has 55 heavy (non-hydrogen) atoms. The van der Waals surface area contributed by atoms with Crippen LogP contribution in [0.1, 0.15) is 68.3 Å². The van der Waals surface area contributed by atoms with E-state index in [-0.39, 0.29) is 17.9 Å². The molecule has 1 aromatic heterocycles. The number of para-hydroxylation sites is 1. The summed E-state index contributed by atoms with van der Waals surface area (Å²) in [6.45, 7) is 7.28. The summed E-state index contributed by atoms with van der Waals surface area (Å²) in [5.74, 6) is -1.07. The number of benzene rings is 2. The maximum Gasteiger partial charge on any atom is 0.344 e. The highest BCUT2D eigenvalue weighted by atomic mass is 16.6. The van der Waals surface area contributed by atoms with E-state index in [2.05, 4.69) is 45.1 Å². The number of carbonyl (C=O) groups is 3. The number of nitrogens with zero attached hydrogens (tertiary/aromatic N) is 3. The normalized spacial score (nSPS) is 35.8. The van der Waals surface area contributed by atoms with E-state index in [4.69, 9.17) is 18.9 Å². The first-order chi connectivity index (χ1) is 26.5. The summed E-state index contributed by atoms with van der Waals surface area (Å²) in [5, 5.41) is 14.3. The van der Waals surface area contributed by atoms with Gasteiger partial charge in [0.05, 0.1) is 27.4 Å². The fourth-order valence-electron chi connectivity index (χ4n) is 12.8. The summed E-state index contributed by atoms with van der Waals surface area (Å²) in [4.78, 5) is 52.9. The van der Waals surface area contributed by atoms with Crippen LogP contribution in [0, 0.1) is 11.3 Å². The highest BCUT2D eigenvalue weighted by Gasteiger charge is 2.80. The Hall–Kier alpha value is -4.39. The first kappa shape index (κ1) is 36.3. The molecular formula is C43H52N4O8. The van der Waals surface area contributed by atoms with E-state index in [1.807, 2.05) is 37.1 Å². The van der Waals surface area contributed by atoms with E-state index >= 15 is 4.79 Å². The number of H-pyrrole nitrogens is 1. The van der Waals surface area contributed by atoms with Crippen molar-refractivity contribution >= 4 is 34.5 Å². The predicted octanol–water partition coefficient (Wildman–Crippen LogP) is 4.20. The summed E-state index contributed by atoms with van der Waals surface area (Å²) in [7, 11) is 6.24. The van der Waals surface area contributed by atoms with Crippen LogP contribution in [-0.4, -0.2) is 116 Å². The van der Waals surface area contributed by atoms with Crippen molar-refractivity contribution in [2.24, 2.45) is 11.3 Å². The van der Waals surface area contributed by atoms with Crippen LogP contribution < -0.4 is 9.64 Å². The van der Waals surface area contributed by atoms with Crippen LogP contribution in [0.4, 0.5) is 5.69 Å². The molecule has 5 aliphatic heterocycles. The van der Waals surface area contributed by atoms with Crippen molar-refractivity contribution < 1.29 is 38.4 Å². The SMILES string of the molecule is CC[C@]12C=CCN3CC[C@@]4(c5cc([C@@]6(C(=O)OC)C[C@@H]7CCCN(Cc8c6[nH]c6ccccc86)C7)c(OC)cc5N(C)[C@H]4[C@@](O)(C(=O)OC)[C@@H]1OC(C)=O)[C@@H]32. The van der Waals surface area contributed by atoms with Gasteiger partial charge >= 0.3 is 17.9 Å². The molecule has 6 heterocycles. The summed E-state index contributed by atoms with van der Waals surface area (Å²) >= 11 is 0. The van der Waals surface area contributed by atoms with Crippen molar-refractivity contribution in [3.8, 4) is 5.75 Å². The number of carbonyl (C=O) groups excluding carboxylic acids is 3. The second-order valence-electron chi connectivity index (χ2n) is 16.8. The van der Waals surface area contributed by atoms with Crippen molar-refractivity contribution in [1.82, 2.24) is 14.8 Å². The standard InChI is InChI=1S/C43H52N4O8/c1-7-40-15-11-18-47-19-16-41(35(40)47)29-20-30(33(52-4)21-32(29)45(3)36(41)43(51,39(50)54-6)37(40)55-25(2)48)42(38(49)53-5)22-26-12-10-17-46(23-26)24-28-27-13-8-9-14-31(27)44-34(28)42/h8-9,11,13-15,20-21,26,35-37,44,51H,7,10,12,16-19,22-24H2,1-6H3/t26-,35-,36+,37+,40+,41+,42-,43-/m0/s1. The van der Waals surface area contributed by atoms with Crippen LogP contribution in [0.25, 0.3) is 10.9 Å². The van der Waals surface area contributed by atoms with E-state index < -0.39 is 45.9 Å². The summed E-state index contributed by atoms with van der Waals surface area (Å²) < 4.78 is 23.8. The largest absolute Gasteiger partial charge is 0.496 e. The van der Waals surface area contributed by atoms with E-state index in [9.17, 15) is 14.7 Å². The minimum atomic E-state index is -2.26. The summed E-state index contributed by atoms with van der Waals surface area (Å²) in [6.07, 6.45) is 6.53. The molecule has 6 aliphatic rings. The lowest BCUT2D eigenvalue weighted by Gasteiger charge is -2.63. The van der Waals surface area contributed by atoms with Gasteiger partial charge in [0, 0.05) is 84.4 Å². The topological polar surface area (TPSA) is 134 Å². The fourth-order valence-corrected chi connectivity index (χ4v) is 12.8. The number of aromatic nitrogens is 1. The van der Waals surface area contributed by atoms with E-state index in [0.29, 0.717) is 50.2 Å². The quantitative estimate of drug-likeness (QED) is 0.213. The zero-order valence-electron chi connectivity index (χ0n) is 32.6. The smallest absolute Gasteiger partial charge is 0.344 e. The van der Waals surface area contributed by atoms with Crippen LogP contribution in [0.3, 0.4) is 0 Å². The number of aromatic amines is 1. The highest BCUT2D eigenvalue weighted by Crippen LogP contribution is 2.68. The number of ether oxygens (including phenoxy) is 4. The Morgan fingerprint density at radius 1 is 1.02 bits per heavy atom. The number of piperidine rings is 1. The fraction of sp³-hybridized carbons (Fsp3) is 0.558.